The van der Waals surface area contributed by atoms with Crippen LogP contribution in [-0.2, 0) is 0 Å². The highest BCUT2D eigenvalue weighted by atomic mass is 16.4. The summed E-state index contributed by atoms with van der Waals surface area (Å²) < 4.78 is 2.04. The van der Waals surface area contributed by atoms with Crippen LogP contribution in [0.2, 0.25) is 0 Å². The topological polar surface area (TPSA) is 86.5 Å². The molecule has 168 valence electrons. The Morgan fingerprint density at radius 1 is 1.25 bits per heavy atom. The minimum absolute atomic E-state index is 0.168. The van der Waals surface area contributed by atoms with Gasteiger partial charge in [0, 0.05) is 37.6 Å². The number of pyridine rings is 1. The van der Waals surface area contributed by atoms with Crippen molar-refractivity contribution >= 4 is 17.5 Å². The molecule has 0 amide bonds. The molecule has 0 saturated carbocycles. The molecule has 8 nitrogen and oxygen atoms in total. The molecule has 1 atom stereocenters. The van der Waals surface area contributed by atoms with Crippen molar-refractivity contribution in [3.63, 3.8) is 0 Å². The molecule has 0 spiro atoms. The molecule has 1 aromatic carbocycles. The van der Waals surface area contributed by atoms with Crippen LogP contribution in [0.15, 0.2) is 55.0 Å². The Morgan fingerprint density at radius 3 is 2.81 bits per heavy atom. The second-order valence-electron chi connectivity index (χ2n) is 8.49. The lowest BCUT2D eigenvalue weighted by atomic mass is 10.1. The fourth-order valence-corrected chi connectivity index (χ4v) is 4.10. The quantitative estimate of drug-likeness (QED) is 0.560. The molecule has 1 fully saturated rings. The first kappa shape index (κ1) is 22.0. The van der Waals surface area contributed by atoms with Crippen molar-refractivity contribution in [2.24, 2.45) is 0 Å². The lowest BCUT2D eigenvalue weighted by molar-refractivity contribution is 0.0698. The number of nitrogens with one attached hydrogen (secondary N) is 1. The molecule has 2 N–H and O–H groups in total. The Morgan fingerprint density at radius 2 is 2.06 bits per heavy atom. The van der Waals surface area contributed by atoms with Gasteiger partial charge < -0.3 is 15.3 Å². The number of hydrogen-bond acceptors (Lipinski definition) is 6. The summed E-state index contributed by atoms with van der Waals surface area (Å²) in [7, 11) is 4.20. The number of benzene rings is 1. The van der Waals surface area contributed by atoms with Gasteiger partial charge in [0.15, 0.2) is 5.82 Å². The van der Waals surface area contributed by atoms with Gasteiger partial charge in [-0.25, -0.2) is 4.79 Å². The standard InChI is InChI=1S/C24H30N6O2/c1-28(2)13-14-29-12-6-9-19(16-29)30-17-21(18-7-4-3-5-8-18)23(27-30)26-22-15-25-11-10-20(22)24(31)32/h3-5,7-8,10-11,15,17,19H,6,9,12-14,16H2,1-2H3,(H,26,27)(H,31,32). The van der Waals surface area contributed by atoms with Crippen molar-refractivity contribution in [1.29, 1.82) is 0 Å². The number of anilines is 2. The van der Waals surface area contributed by atoms with Crippen molar-refractivity contribution in [3.05, 3.63) is 60.6 Å². The number of likely N-dealkylation sites (tertiary alicyclic amines) is 1. The number of rotatable bonds is 8. The normalized spacial score (nSPS) is 16.9. The minimum atomic E-state index is -1.00. The van der Waals surface area contributed by atoms with E-state index in [-0.39, 0.29) is 11.6 Å². The summed E-state index contributed by atoms with van der Waals surface area (Å²) in [6.07, 6.45) is 7.29. The summed E-state index contributed by atoms with van der Waals surface area (Å²) in [5, 5.41) is 17.7. The summed E-state index contributed by atoms with van der Waals surface area (Å²) in [6.45, 7) is 4.14. The first-order valence-corrected chi connectivity index (χ1v) is 11.0. The zero-order valence-electron chi connectivity index (χ0n) is 18.6. The lowest BCUT2D eigenvalue weighted by Gasteiger charge is -2.33. The Kier molecular flexibility index (Phi) is 6.82. The molecule has 0 bridgehead atoms. The van der Waals surface area contributed by atoms with Crippen LogP contribution >= 0.6 is 0 Å². The highest BCUT2D eigenvalue weighted by molar-refractivity contribution is 5.95. The molecule has 3 aromatic rings. The smallest absolute Gasteiger partial charge is 0.337 e. The maximum atomic E-state index is 11.7. The molecule has 1 saturated heterocycles. The number of piperidine rings is 1. The number of aromatic nitrogens is 3. The Labute approximate surface area is 188 Å². The van der Waals surface area contributed by atoms with Crippen LogP contribution in [0.3, 0.4) is 0 Å². The average Bonchev–Trinajstić information content (AvgIpc) is 3.22. The van der Waals surface area contributed by atoms with E-state index in [1.54, 1.807) is 0 Å². The van der Waals surface area contributed by atoms with Gasteiger partial charge in [0.1, 0.15) is 0 Å². The van der Waals surface area contributed by atoms with Crippen LogP contribution in [0.25, 0.3) is 11.1 Å². The van der Waals surface area contributed by atoms with E-state index in [4.69, 9.17) is 5.10 Å². The number of carboxylic acids is 1. The van der Waals surface area contributed by atoms with Gasteiger partial charge in [-0.1, -0.05) is 30.3 Å². The van der Waals surface area contributed by atoms with Gasteiger partial charge in [-0.3, -0.25) is 14.6 Å². The monoisotopic (exact) mass is 434 g/mol. The zero-order chi connectivity index (χ0) is 22.5. The number of nitrogens with zero attached hydrogens (tertiary/aromatic N) is 5. The van der Waals surface area contributed by atoms with Crippen LogP contribution in [0.4, 0.5) is 11.5 Å². The number of hydrogen-bond donors (Lipinski definition) is 2. The van der Waals surface area contributed by atoms with Gasteiger partial charge in [-0.2, -0.15) is 5.10 Å². The molecular formula is C24H30N6O2. The van der Waals surface area contributed by atoms with Crippen molar-refractivity contribution in [1.82, 2.24) is 24.6 Å². The van der Waals surface area contributed by atoms with Crippen molar-refractivity contribution in [2.45, 2.75) is 18.9 Å². The molecule has 0 radical (unpaired) electrons. The van der Waals surface area contributed by atoms with Crippen LogP contribution < -0.4 is 5.32 Å². The number of likely N-dealkylation sites (N-methyl/N-ethyl adjacent to an activating group) is 1. The Balaban J connectivity index is 1.64. The van der Waals surface area contributed by atoms with Gasteiger partial charge in [0.2, 0.25) is 0 Å². The summed E-state index contributed by atoms with van der Waals surface area (Å²) in [4.78, 5) is 20.5. The highest BCUT2D eigenvalue weighted by Crippen LogP contribution is 2.32. The minimum Gasteiger partial charge on any atom is -0.478 e. The maximum Gasteiger partial charge on any atom is 0.337 e. The second kappa shape index (κ2) is 9.93. The van der Waals surface area contributed by atoms with Gasteiger partial charge >= 0.3 is 5.97 Å². The fourth-order valence-electron chi connectivity index (χ4n) is 4.10. The maximum absolute atomic E-state index is 11.7. The fraction of sp³-hybridized carbons (Fsp3) is 0.375. The third-order valence-corrected chi connectivity index (χ3v) is 5.84. The number of carboxylic acid groups (broad SMARTS) is 1. The summed E-state index contributed by atoms with van der Waals surface area (Å²) in [6, 6.07) is 11.8. The van der Waals surface area contributed by atoms with Crippen LogP contribution in [0.5, 0.6) is 0 Å². The average molecular weight is 435 g/mol. The Hall–Kier alpha value is -3.23. The molecule has 1 aliphatic rings. The molecule has 1 unspecified atom stereocenters. The molecule has 0 aliphatic carbocycles. The first-order valence-electron chi connectivity index (χ1n) is 11.0. The van der Waals surface area contributed by atoms with E-state index in [1.165, 1.54) is 18.5 Å². The number of aromatic carboxylic acids is 1. The summed E-state index contributed by atoms with van der Waals surface area (Å²) >= 11 is 0. The molecule has 32 heavy (non-hydrogen) atoms. The zero-order valence-corrected chi connectivity index (χ0v) is 18.6. The van der Waals surface area contributed by atoms with Crippen molar-refractivity contribution in [2.75, 3.05) is 45.6 Å². The van der Waals surface area contributed by atoms with E-state index in [0.717, 1.165) is 50.1 Å². The van der Waals surface area contributed by atoms with E-state index in [9.17, 15) is 9.90 Å². The SMILES string of the molecule is CN(C)CCN1CCCC(n2cc(-c3ccccc3)c(Nc3cnccc3C(=O)O)n2)C1. The largest absolute Gasteiger partial charge is 0.478 e. The summed E-state index contributed by atoms with van der Waals surface area (Å²) in [5.41, 5.74) is 2.57. The predicted octanol–water partition coefficient (Wildman–Crippen LogP) is 3.59. The molecule has 1 aliphatic heterocycles. The van der Waals surface area contributed by atoms with Gasteiger partial charge in [0.25, 0.3) is 0 Å². The van der Waals surface area contributed by atoms with E-state index < -0.39 is 5.97 Å². The first-order chi connectivity index (χ1) is 15.5. The van der Waals surface area contributed by atoms with Crippen LogP contribution in [0.1, 0.15) is 29.2 Å². The van der Waals surface area contributed by atoms with E-state index >= 15 is 0 Å². The summed E-state index contributed by atoms with van der Waals surface area (Å²) in [5.74, 6) is -0.364. The predicted molar refractivity (Wildman–Crippen MR) is 125 cm³/mol. The van der Waals surface area contributed by atoms with Crippen LogP contribution in [-0.4, -0.2) is 75.9 Å². The molecule has 2 aromatic heterocycles. The Bertz CT molecular complexity index is 1050. The molecule has 8 heteroatoms. The van der Waals surface area contributed by atoms with E-state index in [1.807, 2.05) is 35.0 Å². The second-order valence-corrected chi connectivity index (χ2v) is 8.49. The van der Waals surface area contributed by atoms with Gasteiger partial charge in [0.05, 0.1) is 23.5 Å². The van der Waals surface area contributed by atoms with Crippen molar-refractivity contribution < 1.29 is 9.90 Å². The third-order valence-electron chi connectivity index (χ3n) is 5.84. The third kappa shape index (κ3) is 5.15. The van der Waals surface area contributed by atoms with Gasteiger partial charge in [-0.05, 0) is 45.1 Å². The molecule has 3 heterocycles. The lowest BCUT2D eigenvalue weighted by Crippen LogP contribution is -2.40. The van der Waals surface area contributed by atoms with E-state index in [0.29, 0.717) is 11.5 Å². The number of carbonyl (C=O) groups is 1. The van der Waals surface area contributed by atoms with E-state index in [2.05, 4.69) is 40.4 Å². The van der Waals surface area contributed by atoms with Gasteiger partial charge in [-0.15, -0.1) is 0 Å². The molecule has 4 rings (SSSR count). The molecular weight excluding hydrogens is 404 g/mol. The highest BCUT2D eigenvalue weighted by Gasteiger charge is 2.24. The van der Waals surface area contributed by atoms with Crippen LogP contribution in [0, 0.1) is 0 Å². The van der Waals surface area contributed by atoms with Crippen molar-refractivity contribution in [3.8, 4) is 11.1 Å².